The van der Waals surface area contributed by atoms with Gasteiger partial charge < -0.3 is 19.2 Å². The first-order valence-electron chi connectivity index (χ1n) is 6.41. The summed E-state index contributed by atoms with van der Waals surface area (Å²) in [6, 6.07) is 5.80. The molecule has 1 aliphatic rings. The van der Waals surface area contributed by atoms with Gasteiger partial charge in [-0.3, -0.25) is 0 Å². The fraction of sp³-hybridized carbons (Fsp3) is 0.357. The maximum absolute atomic E-state index is 5.58. The summed E-state index contributed by atoms with van der Waals surface area (Å²) in [5, 5.41) is 3.24. The summed E-state index contributed by atoms with van der Waals surface area (Å²) < 4.78 is 16.6. The third-order valence-corrected chi connectivity index (χ3v) is 2.99. The quantitative estimate of drug-likeness (QED) is 0.913. The topological polar surface area (TPSA) is 56.5 Å². The van der Waals surface area contributed by atoms with Gasteiger partial charge in [0.15, 0.2) is 23.7 Å². The molecule has 1 aromatic carbocycles. The van der Waals surface area contributed by atoms with Crippen molar-refractivity contribution in [3.8, 4) is 22.8 Å². The van der Waals surface area contributed by atoms with E-state index in [-0.39, 0.29) is 0 Å². The van der Waals surface area contributed by atoms with Gasteiger partial charge in [-0.2, -0.15) is 0 Å². The standard InChI is InChI=1S/C14H16N2O3/c1-2-15-8-11-14(19-9-16-11)10-3-4-12-13(7-10)18-6-5-17-12/h3-4,7,9,15H,2,5-6,8H2,1H3. The Labute approximate surface area is 111 Å². The number of benzene rings is 1. The van der Waals surface area contributed by atoms with Crippen molar-refractivity contribution in [1.29, 1.82) is 0 Å². The summed E-state index contributed by atoms with van der Waals surface area (Å²) in [4.78, 5) is 4.24. The molecular formula is C14H16N2O3. The maximum atomic E-state index is 5.58. The smallest absolute Gasteiger partial charge is 0.181 e. The highest BCUT2D eigenvalue weighted by atomic mass is 16.6. The number of hydrogen-bond donors (Lipinski definition) is 1. The van der Waals surface area contributed by atoms with E-state index in [4.69, 9.17) is 13.9 Å². The fourth-order valence-electron chi connectivity index (χ4n) is 2.06. The Hall–Kier alpha value is -2.01. The normalized spacial score (nSPS) is 13.5. The number of fused-ring (bicyclic) bond motifs is 1. The van der Waals surface area contributed by atoms with Crippen LogP contribution in [-0.2, 0) is 6.54 Å². The Kier molecular flexibility index (Phi) is 3.37. The molecule has 2 aromatic rings. The molecule has 0 fully saturated rings. The summed E-state index contributed by atoms with van der Waals surface area (Å²) in [5.74, 6) is 2.32. The molecule has 0 aliphatic carbocycles. The second kappa shape index (κ2) is 5.32. The van der Waals surface area contributed by atoms with Gasteiger partial charge in [0.25, 0.3) is 0 Å². The molecule has 1 N–H and O–H groups in total. The van der Waals surface area contributed by atoms with E-state index in [0.717, 1.165) is 35.1 Å². The third-order valence-electron chi connectivity index (χ3n) is 2.99. The molecule has 0 radical (unpaired) electrons. The molecule has 100 valence electrons. The number of nitrogens with zero attached hydrogens (tertiary/aromatic N) is 1. The molecule has 1 aromatic heterocycles. The Bertz CT molecular complexity index is 566. The number of rotatable bonds is 4. The van der Waals surface area contributed by atoms with Crippen molar-refractivity contribution in [3.63, 3.8) is 0 Å². The summed E-state index contributed by atoms with van der Waals surface area (Å²) in [5.41, 5.74) is 1.85. The Balaban J connectivity index is 1.91. The molecule has 0 amide bonds. The SMILES string of the molecule is CCNCc1ncoc1-c1ccc2c(c1)OCCO2. The molecule has 0 saturated carbocycles. The van der Waals surface area contributed by atoms with Crippen molar-refractivity contribution < 1.29 is 13.9 Å². The number of aromatic nitrogens is 1. The Morgan fingerprint density at radius 2 is 2.05 bits per heavy atom. The summed E-state index contributed by atoms with van der Waals surface area (Å²) in [6.07, 6.45) is 1.47. The molecular weight excluding hydrogens is 244 g/mol. The lowest BCUT2D eigenvalue weighted by molar-refractivity contribution is 0.171. The minimum absolute atomic E-state index is 0.580. The largest absolute Gasteiger partial charge is 0.486 e. The van der Waals surface area contributed by atoms with Gasteiger partial charge in [0, 0.05) is 12.1 Å². The van der Waals surface area contributed by atoms with Crippen LogP contribution in [0.3, 0.4) is 0 Å². The number of ether oxygens (including phenoxy) is 2. The molecule has 0 saturated heterocycles. The molecule has 0 unspecified atom stereocenters. The molecule has 5 nitrogen and oxygen atoms in total. The number of oxazole rings is 1. The van der Waals surface area contributed by atoms with Crippen molar-refractivity contribution in [2.45, 2.75) is 13.5 Å². The predicted molar refractivity (Wildman–Crippen MR) is 70.3 cm³/mol. The zero-order chi connectivity index (χ0) is 13.1. The van der Waals surface area contributed by atoms with Crippen LogP contribution in [0.4, 0.5) is 0 Å². The van der Waals surface area contributed by atoms with Crippen molar-refractivity contribution in [2.75, 3.05) is 19.8 Å². The van der Waals surface area contributed by atoms with Gasteiger partial charge in [0.2, 0.25) is 0 Å². The summed E-state index contributed by atoms with van der Waals surface area (Å²) in [7, 11) is 0. The van der Waals surface area contributed by atoms with Crippen molar-refractivity contribution in [2.24, 2.45) is 0 Å². The van der Waals surface area contributed by atoms with Gasteiger partial charge in [-0.05, 0) is 24.7 Å². The molecule has 5 heteroatoms. The Morgan fingerprint density at radius 1 is 1.21 bits per heavy atom. The Morgan fingerprint density at radius 3 is 2.89 bits per heavy atom. The van der Waals surface area contributed by atoms with E-state index in [1.54, 1.807) is 0 Å². The number of nitrogens with one attached hydrogen (secondary N) is 1. The second-order valence-electron chi connectivity index (χ2n) is 4.27. The van der Waals surface area contributed by atoms with Gasteiger partial charge in [0.1, 0.15) is 18.9 Å². The molecule has 1 aliphatic heterocycles. The van der Waals surface area contributed by atoms with E-state index in [1.807, 2.05) is 18.2 Å². The minimum atomic E-state index is 0.580. The highest BCUT2D eigenvalue weighted by Gasteiger charge is 2.16. The number of hydrogen-bond acceptors (Lipinski definition) is 5. The van der Waals surface area contributed by atoms with Crippen molar-refractivity contribution in [1.82, 2.24) is 10.3 Å². The molecule has 2 heterocycles. The van der Waals surface area contributed by atoms with E-state index in [9.17, 15) is 0 Å². The van der Waals surface area contributed by atoms with Crippen LogP contribution in [0.2, 0.25) is 0 Å². The first kappa shape index (κ1) is 12.0. The van der Waals surface area contributed by atoms with Gasteiger partial charge in [-0.1, -0.05) is 6.92 Å². The highest BCUT2D eigenvalue weighted by molar-refractivity contribution is 5.64. The van der Waals surface area contributed by atoms with Gasteiger partial charge in [-0.15, -0.1) is 0 Å². The van der Waals surface area contributed by atoms with E-state index in [0.29, 0.717) is 19.8 Å². The van der Waals surface area contributed by atoms with E-state index < -0.39 is 0 Å². The highest BCUT2D eigenvalue weighted by Crippen LogP contribution is 2.35. The van der Waals surface area contributed by atoms with Gasteiger partial charge in [-0.25, -0.2) is 4.98 Å². The molecule has 3 rings (SSSR count). The molecule has 0 spiro atoms. The maximum Gasteiger partial charge on any atom is 0.181 e. The third kappa shape index (κ3) is 2.42. The van der Waals surface area contributed by atoms with Crippen LogP contribution in [0, 0.1) is 0 Å². The fourth-order valence-corrected chi connectivity index (χ4v) is 2.06. The molecule has 19 heavy (non-hydrogen) atoms. The van der Waals surface area contributed by atoms with Crippen LogP contribution in [0.1, 0.15) is 12.6 Å². The summed E-state index contributed by atoms with van der Waals surface area (Å²) >= 11 is 0. The van der Waals surface area contributed by atoms with Crippen LogP contribution >= 0.6 is 0 Å². The first-order chi connectivity index (χ1) is 9.38. The van der Waals surface area contributed by atoms with Crippen LogP contribution in [-0.4, -0.2) is 24.7 Å². The second-order valence-corrected chi connectivity index (χ2v) is 4.27. The van der Waals surface area contributed by atoms with Crippen LogP contribution in [0.15, 0.2) is 29.0 Å². The van der Waals surface area contributed by atoms with Crippen molar-refractivity contribution in [3.05, 3.63) is 30.3 Å². The van der Waals surface area contributed by atoms with Gasteiger partial charge >= 0.3 is 0 Å². The average Bonchev–Trinajstić information content (AvgIpc) is 2.93. The van der Waals surface area contributed by atoms with Crippen LogP contribution < -0.4 is 14.8 Å². The van der Waals surface area contributed by atoms with E-state index in [2.05, 4.69) is 17.2 Å². The zero-order valence-electron chi connectivity index (χ0n) is 10.8. The van der Waals surface area contributed by atoms with Crippen LogP contribution in [0.25, 0.3) is 11.3 Å². The molecule has 0 bridgehead atoms. The first-order valence-corrected chi connectivity index (χ1v) is 6.41. The minimum Gasteiger partial charge on any atom is -0.486 e. The van der Waals surface area contributed by atoms with Crippen LogP contribution in [0.5, 0.6) is 11.5 Å². The lowest BCUT2D eigenvalue weighted by Gasteiger charge is -2.18. The van der Waals surface area contributed by atoms with E-state index in [1.165, 1.54) is 6.39 Å². The molecule has 0 atom stereocenters. The lowest BCUT2D eigenvalue weighted by atomic mass is 10.1. The predicted octanol–water partition coefficient (Wildman–Crippen LogP) is 2.22. The van der Waals surface area contributed by atoms with Gasteiger partial charge in [0.05, 0.1) is 0 Å². The lowest BCUT2D eigenvalue weighted by Crippen LogP contribution is -2.15. The average molecular weight is 260 g/mol. The monoisotopic (exact) mass is 260 g/mol. The zero-order valence-corrected chi connectivity index (χ0v) is 10.8. The summed E-state index contributed by atoms with van der Waals surface area (Å²) in [6.45, 7) is 4.82. The van der Waals surface area contributed by atoms with Crippen molar-refractivity contribution >= 4 is 0 Å². The van der Waals surface area contributed by atoms with E-state index >= 15 is 0 Å².